The van der Waals surface area contributed by atoms with Crippen LogP contribution < -0.4 is 10.3 Å². The number of hydrogen-bond acceptors (Lipinski definition) is 6. The van der Waals surface area contributed by atoms with Crippen molar-refractivity contribution >= 4 is 11.0 Å². The average molecular weight is 390 g/mol. The highest BCUT2D eigenvalue weighted by molar-refractivity contribution is 5.80. The molecular weight excluding hydrogens is 368 g/mol. The first-order valence-corrected chi connectivity index (χ1v) is 9.63. The fourth-order valence-corrected chi connectivity index (χ4v) is 3.23. The molecule has 0 saturated heterocycles. The number of para-hydroxylation sites is 1. The lowest BCUT2D eigenvalue weighted by Crippen LogP contribution is -2.24. The summed E-state index contributed by atoms with van der Waals surface area (Å²) in [6.07, 6.45) is 0.488. The van der Waals surface area contributed by atoms with Gasteiger partial charge in [0.05, 0.1) is 11.0 Å². The number of nitrogens with zero attached hydrogens (tertiary/aromatic N) is 4. The van der Waals surface area contributed by atoms with Crippen molar-refractivity contribution in [3.63, 3.8) is 0 Å². The van der Waals surface area contributed by atoms with Gasteiger partial charge in [-0.2, -0.15) is 4.98 Å². The standard InChI is InChI=1S/C22H22N4O3/c1-4-12-26-19-11-10-16(13-18(19)23-14(2)22(26)27)20-24-21(29-25-20)15(3)28-17-8-6-5-7-9-17/h5-11,13,15H,4,12H2,1-3H3/t15-/m0/s1. The van der Waals surface area contributed by atoms with Gasteiger partial charge in [-0.25, -0.2) is 4.98 Å². The summed E-state index contributed by atoms with van der Waals surface area (Å²) in [5.41, 5.74) is 2.72. The van der Waals surface area contributed by atoms with Gasteiger partial charge < -0.3 is 13.8 Å². The summed E-state index contributed by atoms with van der Waals surface area (Å²) in [5, 5.41) is 4.09. The SMILES string of the molecule is CCCn1c(=O)c(C)nc2cc(-c3noc([C@H](C)Oc4ccccc4)n3)ccc21. The van der Waals surface area contributed by atoms with E-state index in [4.69, 9.17) is 9.26 Å². The molecule has 148 valence electrons. The molecule has 0 saturated carbocycles. The molecule has 2 aromatic heterocycles. The lowest BCUT2D eigenvalue weighted by Gasteiger charge is -2.10. The monoisotopic (exact) mass is 390 g/mol. The molecule has 29 heavy (non-hydrogen) atoms. The second-order valence-electron chi connectivity index (χ2n) is 6.89. The molecule has 7 nitrogen and oxygen atoms in total. The number of rotatable bonds is 6. The lowest BCUT2D eigenvalue weighted by atomic mass is 10.1. The van der Waals surface area contributed by atoms with Gasteiger partial charge in [-0.1, -0.05) is 30.3 Å². The number of ether oxygens (including phenoxy) is 1. The van der Waals surface area contributed by atoms with Crippen LogP contribution in [0.3, 0.4) is 0 Å². The number of aryl methyl sites for hydroxylation is 2. The minimum Gasteiger partial charge on any atom is -0.481 e. The zero-order chi connectivity index (χ0) is 20.4. The molecule has 0 spiro atoms. The van der Waals surface area contributed by atoms with E-state index in [-0.39, 0.29) is 11.7 Å². The lowest BCUT2D eigenvalue weighted by molar-refractivity contribution is 0.176. The second-order valence-corrected chi connectivity index (χ2v) is 6.89. The molecule has 0 fully saturated rings. The van der Waals surface area contributed by atoms with Crippen LogP contribution in [0.1, 0.15) is 38.0 Å². The molecule has 0 aliphatic rings. The summed E-state index contributed by atoms with van der Waals surface area (Å²) in [7, 11) is 0. The maximum atomic E-state index is 12.4. The van der Waals surface area contributed by atoms with Gasteiger partial charge in [0.15, 0.2) is 6.10 Å². The number of fused-ring (bicyclic) bond motifs is 1. The van der Waals surface area contributed by atoms with Gasteiger partial charge in [0.25, 0.3) is 11.4 Å². The van der Waals surface area contributed by atoms with E-state index in [2.05, 4.69) is 15.1 Å². The third-order valence-electron chi connectivity index (χ3n) is 4.66. The predicted molar refractivity (Wildman–Crippen MR) is 110 cm³/mol. The first kappa shape index (κ1) is 18.9. The Kier molecular flexibility index (Phi) is 5.12. The molecule has 0 aliphatic carbocycles. The van der Waals surface area contributed by atoms with E-state index < -0.39 is 0 Å². The summed E-state index contributed by atoms with van der Waals surface area (Å²) < 4.78 is 13.0. The number of hydrogen-bond donors (Lipinski definition) is 0. The van der Waals surface area contributed by atoms with Crippen molar-refractivity contribution in [3.05, 3.63) is 70.5 Å². The molecule has 0 N–H and O–H groups in total. The first-order valence-electron chi connectivity index (χ1n) is 9.63. The molecule has 1 atom stereocenters. The number of aromatic nitrogens is 4. The van der Waals surface area contributed by atoms with Crippen LogP contribution in [-0.4, -0.2) is 19.7 Å². The van der Waals surface area contributed by atoms with E-state index in [1.807, 2.05) is 62.4 Å². The highest BCUT2D eigenvalue weighted by Gasteiger charge is 2.18. The molecule has 2 aromatic carbocycles. The molecule has 0 amide bonds. The van der Waals surface area contributed by atoms with Crippen LogP contribution in [0.25, 0.3) is 22.4 Å². The van der Waals surface area contributed by atoms with E-state index in [9.17, 15) is 4.79 Å². The van der Waals surface area contributed by atoms with Crippen molar-refractivity contribution in [1.82, 2.24) is 19.7 Å². The molecule has 4 aromatic rings. The average Bonchev–Trinajstić information content (AvgIpc) is 3.22. The molecule has 0 bridgehead atoms. The Hall–Kier alpha value is -3.48. The van der Waals surface area contributed by atoms with Gasteiger partial charge in [0.1, 0.15) is 11.4 Å². The molecular formula is C22H22N4O3. The Bertz CT molecular complexity index is 1200. The zero-order valence-corrected chi connectivity index (χ0v) is 16.6. The van der Waals surface area contributed by atoms with Gasteiger partial charge in [-0.05, 0) is 50.6 Å². The van der Waals surface area contributed by atoms with Crippen LogP contribution in [-0.2, 0) is 6.54 Å². The van der Waals surface area contributed by atoms with E-state index in [0.29, 0.717) is 24.0 Å². The largest absolute Gasteiger partial charge is 0.481 e. The highest BCUT2D eigenvalue weighted by atomic mass is 16.5. The van der Waals surface area contributed by atoms with Crippen molar-refractivity contribution in [2.45, 2.75) is 39.8 Å². The fourth-order valence-electron chi connectivity index (χ4n) is 3.23. The minimum atomic E-state index is -0.380. The topological polar surface area (TPSA) is 83.0 Å². The Labute approximate surface area is 168 Å². The van der Waals surface area contributed by atoms with Crippen molar-refractivity contribution < 1.29 is 9.26 Å². The maximum absolute atomic E-state index is 12.4. The van der Waals surface area contributed by atoms with Crippen LogP contribution in [0.4, 0.5) is 0 Å². The Morgan fingerprint density at radius 1 is 1.14 bits per heavy atom. The molecule has 7 heteroatoms. The van der Waals surface area contributed by atoms with Crippen molar-refractivity contribution in [2.24, 2.45) is 0 Å². The Morgan fingerprint density at radius 2 is 1.93 bits per heavy atom. The molecule has 2 heterocycles. The quantitative estimate of drug-likeness (QED) is 0.488. The van der Waals surface area contributed by atoms with Gasteiger partial charge in [0, 0.05) is 12.1 Å². The van der Waals surface area contributed by atoms with Crippen molar-refractivity contribution in [1.29, 1.82) is 0 Å². The smallest absolute Gasteiger partial charge is 0.272 e. The normalized spacial score (nSPS) is 12.2. The van der Waals surface area contributed by atoms with Gasteiger partial charge >= 0.3 is 0 Å². The van der Waals surface area contributed by atoms with Crippen molar-refractivity contribution in [2.75, 3.05) is 0 Å². The summed E-state index contributed by atoms with van der Waals surface area (Å²) in [4.78, 5) is 21.3. The van der Waals surface area contributed by atoms with Gasteiger partial charge in [-0.3, -0.25) is 4.79 Å². The van der Waals surface area contributed by atoms with Crippen LogP contribution >= 0.6 is 0 Å². The van der Waals surface area contributed by atoms with E-state index in [0.717, 1.165) is 28.8 Å². The second kappa shape index (κ2) is 7.87. The third-order valence-corrected chi connectivity index (χ3v) is 4.66. The molecule has 0 radical (unpaired) electrons. The van der Waals surface area contributed by atoms with E-state index in [1.54, 1.807) is 11.5 Å². The summed E-state index contributed by atoms with van der Waals surface area (Å²) in [5.74, 6) is 1.58. The van der Waals surface area contributed by atoms with Crippen LogP contribution in [0.2, 0.25) is 0 Å². The van der Waals surface area contributed by atoms with E-state index in [1.165, 1.54) is 0 Å². The van der Waals surface area contributed by atoms with Gasteiger partial charge in [-0.15, -0.1) is 0 Å². The fraction of sp³-hybridized carbons (Fsp3) is 0.273. The van der Waals surface area contributed by atoms with Crippen LogP contribution in [0.15, 0.2) is 57.8 Å². The third kappa shape index (κ3) is 3.76. The molecule has 4 rings (SSSR count). The zero-order valence-electron chi connectivity index (χ0n) is 16.6. The Balaban J connectivity index is 1.65. The predicted octanol–water partition coefficient (Wildman–Crippen LogP) is 4.30. The highest BCUT2D eigenvalue weighted by Crippen LogP contribution is 2.25. The minimum absolute atomic E-state index is 0.0548. The molecule has 0 unspecified atom stereocenters. The van der Waals surface area contributed by atoms with Crippen LogP contribution in [0, 0.1) is 6.92 Å². The molecule has 0 aliphatic heterocycles. The van der Waals surface area contributed by atoms with Crippen molar-refractivity contribution in [3.8, 4) is 17.1 Å². The van der Waals surface area contributed by atoms with Crippen LogP contribution in [0.5, 0.6) is 5.75 Å². The summed E-state index contributed by atoms with van der Waals surface area (Å²) >= 11 is 0. The van der Waals surface area contributed by atoms with E-state index >= 15 is 0 Å². The summed E-state index contributed by atoms with van der Waals surface area (Å²) in [6, 6.07) is 15.1. The summed E-state index contributed by atoms with van der Waals surface area (Å²) in [6.45, 7) is 6.29. The number of benzene rings is 2. The van der Waals surface area contributed by atoms with Gasteiger partial charge in [0.2, 0.25) is 5.82 Å². The maximum Gasteiger partial charge on any atom is 0.272 e. The first-order chi connectivity index (χ1) is 14.1. The Morgan fingerprint density at radius 3 is 2.69 bits per heavy atom.